The fourth-order valence-electron chi connectivity index (χ4n) is 5.06. The van der Waals surface area contributed by atoms with Gasteiger partial charge in [-0.1, -0.05) is 18.9 Å². The molecule has 31 heavy (non-hydrogen) atoms. The molecule has 1 saturated heterocycles. The fraction of sp³-hybridized carbons (Fsp3) is 0.440. The van der Waals surface area contributed by atoms with Gasteiger partial charge in [0.25, 0.3) is 5.91 Å². The molecule has 0 radical (unpaired) electrons. The molecule has 0 aromatic heterocycles. The Balaban J connectivity index is 1.29. The number of carbonyl (C=O) groups is 2. The van der Waals surface area contributed by atoms with Crippen LogP contribution in [0.4, 0.5) is 5.69 Å². The van der Waals surface area contributed by atoms with E-state index in [2.05, 4.69) is 17.4 Å². The molecule has 2 aliphatic heterocycles. The second kappa shape index (κ2) is 8.25. The Bertz CT molecular complexity index is 980. The van der Waals surface area contributed by atoms with Crippen molar-refractivity contribution in [3.05, 3.63) is 53.6 Å². The monoisotopic (exact) mass is 420 g/mol. The van der Waals surface area contributed by atoms with E-state index in [1.807, 2.05) is 30.3 Å². The molecule has 2 aromatic carbocycles. The summed E-state index contributed by atoms with van der Waals surface area (Å²) >= 11 is 0. The summed E-state index contributed by atoms with van der Waals surface area (Å²) in [6, 6.07) is 13.5. The summed E-state index contributed by atoms with van der Waals surface area (Å²) < 4.78 is 11.4. The smallest absolute Gasteiger partial charge is 0.251 e. The Morgan fingerprint density at radius 1 is 0.968 bits per heavy atom. The van der Waals surface area contributed by atoms with Crippen molar-refractivity contribution in [3.63, 3.8) is 0 Å². The van der Waals surface area contributed by atoms with E-state index in [1.165, 1.54) is 5.56 Å². The molecule has 3 aliphatic rings. The van der Waals surface area contributed by atoms with Gasteiger partial charge < -0.3 is 19.7 Å². The molecule has 2 aromatic rings. The average Bonchev–Trinajstić information content (AvgIpc) is 3.47. The second-order valence-corrected chi connectivity index (χ2v) is 8.72. The van der Waals surface area contributed by atoms with Crippen LogP contribution in [0, 0.1) is 0 Å². The first kappa shape index (κ1) is 19.9. The highest BCUT2D eigenvalue weighted by Crippen LogP contribution is 2.43. The number of ether oxygens (including phenoxy) is 2. The van der Waals surface area contributed by atoms with Gasteiger partial charge in [-0.05, 0) is 61.2 Å². The van der Waals surface area contributed by atoms with Crippen LogP contribution in [0.3, 0.4) is 0 Å². The molecule has 6 nitrogen and oxygen atoms in total. The highest BCUT2D eigenvalue weighted by molar-refractivity contribution is 5.97. The Hall–Kier alpha value is -3.02. The lowest BCUT2D eigenvalue weighted by molar-refractivity contribution is -0.117. The van der Waals surface area contributed by atoms with E-state index >= 15 is 0 Å². The fourth-order valence-corrected chi connectivity index (χ4v) is 5.06. The van der Waals surface area contributed by atoms with Crippen LogP contribution in [0.1, 0.15) is 54.4 Å². The molecular formula is C25H28N2O4. The first-order valence-electron chi connectivity index (χ1n) is 11.2. The maximum atomic E-state index is 12.9. The predicted octanol–water partition coefficient (Wildman–Crippen LogP) is 3.83. The highest BCUT2D eigenvalue weighted by atomic mass is 16.6. The molecule has 2 amide bonds. The number of hydrogen-bond donors (Lipinski definition) is 1. The summed E-state index contributed by atoms with van der Waals surface area (Å²) in [5.74, 6) is 1.67. The van der Waals surface area contributed by atoms with Crippen molar-refractivity contribution < 1.29 is 19.1 Å². The third-order valence-electron chi connectivity index (χ3n) is 6.82. The zero-order chi connectivity index (χ0) is 21.3. The van der Waals surface area contributed by atoms with Gasteiger partial charge in [-0.25, -0.2) is 0 Å². The number of nitrogens with one attached hydrogen (secondary N) is 1. The summed E-state index contributed by atoms with van der Waals surface area (Å²) in [5.41, 5.74) is 2.61. The SMILES string of the molecule is O=C(NCC1(c2ccc3c(c2)OCCO3)CCCC1)c1ccc(N2CCCC2=O)cc1. The van der Waals surface area contributed by atoms with Gasteiger partial charge in [0, 0.05) is 36.2 Å². The molecule has 0 bridgehead atoms. The van der Waals surface area contributed by atoms with Crippen LogP contribution in [-0.4, -0.2) is 38.1 Å². The Labute approximate surface area is 182 Å². The van der Waals surface area contributed by atoms with E-state index in [-0.39, 0.29) is 17.2 Å². The lowest BCUT2D eigenvalue weighted by atomic mass is 9.78. The Morgan fingerprint density at radius 3 is 2.42 bits per heavy atom. The molecule has 5 rings (SSSR count). The van der Waals surface area contributed by atoms with Crippen molar-refractivity contribution in [3.8, 4) is 11.5 Å². The largest absolute Gasteiger partial charge is 0.486 e. The standard InChI is InChI=1S/C25H28N2O4/c28-23-4-3-13-27(23)20-8-5-18(6-9-20)24(29)26-17-25(11-1-2-12-25)19-7-10-21-22(16-19)31-15-14-30-21/h5-10,16H,1-4,11-15,17H2,(H,26,29). The van der Waals surface area contributed by atoms with E-state index in [1.54, 1.807) is 4.90 Å². The molecule has 162 valence electrons. The topological polar surface area (TPSA) is 67.9 Å². The first-order valence-corrected chi connectivity index (χ1v) is 11.2. The van der Waals surface area contributed by atoms with E-state index < -0.39 is 0 Å². The van der Waals surface area contributed by atoms with Crippen LogP contribution in [0.2, 0.25) is 0 Å². The lowest BCUT2D eigenvalue weighted by Gasteiger charge is -2.31. The average molecular weight is 421 g/mol. The summed E-state index contributed by atoms with van der Waals surface area (Å²) in [4.78, 5) is 26.6. The number of amides is 2. The summed E-state index contributed by atoms with van der Waals surface area (Å²) in [6.45, 7) is 2.50. The zero-order valence-corrected chi connectivity index (χ0v) is 17.7. The van der Waals surface area contributed by atoms with Gasteiger partial charge in [0.2, 0.25) is 5.91 Å². The van der Waals surface area contributed by atoms with E-state index in [0.717, 1.165) is 55.8 Å². The minimum absolute atomic E-state index is 0.0760. The maximum Gasteiger partial charge on any atom is 0.251 e. The molecule has 6 heteroatoms. The van der Waals surface area contributed by atoms with Crippen molar-refractivity contribution >= 4 is 17.5 Å². The van der Waals surface area contributed by atoms with Crippen molar-refractivity contribution in [2.24, 2.45) is 0 Å². The van der Waals surface area contributed by atoms with E-state index in [0.29, 0.717) is 31.7 Å². The van der Waals surface area contributed by atoms with E-state index in [4.69, 9.17) is 9.47 Å². The molecule has 2 fully saturated rings. The number of benzene rings is 2. The molecule has 1 saturated carbocycles. The van der Waals surface area contributed by atoms with Gasteiger partial charge in [0.1, 0.15) is 13.2 Å². The van der Waals surface area contributed by atoms with Crippen LogP contribution in [0.15, 0.2) is 42.5 Å². The number of rotatable bonds is 5. The molecular weight excluding hydrogens is 392 g/mol. The highest BCUT2D eigenvalue weighted by Gasteiger charge is 2.37. The third kappa shape index (κ3) is 3.87. The van der Waals surface area contributed by atoms with E-state index in [9.17, 15) is 9.59 Å². The Kier molecular flexibility index (Phi) is 5.30. The minimum atomic E-state index is -0.0804. The summed E-state index contributed by atoms with van der Waals surface area (Å²) in [6.07, 6.45) is 5.89. The second-order valence-electron chi connectivity index (χ2n) is 8.72. The van der Waals surface area contributed by atoms with Crippen LogP contribution < -0.4 is 19.7 Å². The normalized spacial score (nSPS) is 19.5. The lowest BCUT2D eigenvalue weighted by Crippen LogP contribution is -2.39. The molecule has 0 spiro atoms. The van der Waals surface area contributed by atoms with Crippen molar-refractivity contribution in [1.29, 1.82) is 0 Å². The van der Waals surface area contributed by atoms with Gasteiger partial charge in [-0.15, -0.1) is 0 Å². The van der Waals surface area contributed by atoms with Gasteiger partial charge in [0.15, 0.2) is 11.5 Å². The minimum Gasteiger partial charge on any atom is -0.486 e. The van der Waals surface area contributed by atoms with Gasteiger partial charge >= 0.3 is 0 Å². The first-order chi connectivity index (χ1) is 15.1. The molecule has 0 atom stereocenters. The van der Waals surface area contributed by atoms with Crippen LogP contribution in [-0.2, 0) is 10.2 Å². The molecule has 2 heterocycles. The van der Waals surface area contributed by atoms with Crippen LogP contribution in [0.25, 0.3) is 0 Å². The van der Waals surface area contributed by atoms with Crippen molar-refractivity contribution in [2.45, 2.75) is 43.9 Å². The van der Waals surface area contributed by atoms with Crippen LogP contribution in [0.5, 0.6) is 11.5 Å². The molecule has 1 aliphatic carbocycles. The van der Waals surface area contributed by atoms with Gasteiger partial charge in [-0.2, -0.15) is 0 Å². The molecule has 0 unspecified atom stereocenters. The van der Waals surface area contributed by atoms with Crippen molar-refractivity contribution in [2.75, 3.05) is 31.2 Å². The number of nitrogens with zero attached hydrogens (tertiary/aromatic N) is 1. The summed E-state index contributed by atoms with van der Waals surface area (Å²) in [7, 11) is 0. The Morgan fingerprint density at radius 2 is 1.71 bits per heavy atom. The maximum absolute atomic E-state index is 12.9. The number of fused-ring (bicyclic) bond motifs is 1. The molecule has 1 N–H and O–H groups in total. The van der Waals surface area contributed by atoms with Gasteiger partial charge in [0.05, 0.1) is 0 Å². The number of anilines is 1. The quantitative estimate of drug-likeness (QED) is 0.798. The zero-order valence-electron chi connectivity index (χ0n) is 17.7. The van der Waals surface area contributed by atoms with Crippen LogP contribution >= 0.6 is 0 Å². The third-order valence-corrected chi connectivity index (χ3v) is 6.82. The predicted molar refractivity (Wildman–Crippen MR) is 118 cm³/mol. The van der Waals surface area contributed by atoms with Gasteiger partial charge in [-0.3, -0.25) is 9.59 Å². The number of carbonyl (C=O) groups excluding carboxylic acids is 2. The number of hydrogen-bond acceptors (Lipinski definition) is 4. The van der Waals surface area contributed by atoms with Crippen molar-refractivity contribution in [1.82, 2.24) is 5.32 Å². The summed E-state index contributed by atoms with van der Waals surface area (Å²) in [5, 5.41) is 3.17.